The fourth-order valence-electron chi connectivity index (χ4n) is 0.916. The molecule has 1 unspecified atom stereocenters. The normalized spacial score (nSPS) is 26.0. The van der Waals surface area contributed by atoms with Crippen LogP contribution in [0.1, 0.15) is 19.8 Å². The lowest BCUT2D eigenvalue weighted by Crippen LogP contribution is -2.03. The maximum absolute atomic E-state index is 8.99. The molecule has 0 aromatic carbocycles. The first-order valence-corrected chi connectivity index (χ1v) is 3.38. The molecule has 0 fully saturated rings. The molecule has 1 N–H and O–H groups in total. The monoisotopic (exact) mass is 124 g/mol. The molecule has 1 aliphatic rings. The van der Waals surface area contributed by atoms with Crippen molar-refractivity contribution in [2.45, 2.75) is 25.9 Å². The Hall–Kier alpha value is -0.560. The summed E-state index contributed by atoms with van der Waals surface area (Å²) in [5, 5.41) is 8.99. The third-order valence-electron chi connectivity index (χ3n) is 1.56. The number of aliphatic hydroxyl groups is 1. The molecule has 0 bridgehead atoms. The number of aliphatic hydroxyl groups excluding tert-OH is 1. The quantitative estimate of drug-likeness (QED) is 0.563. The first-order chi connectivity index (χ1) is 4.33. The highest BCUT2D eigenvalue weighted by Crippen LogP contribution is 2.12. The van der Waals surface area contributed by atoms with Crippen LogP contribution in [0.3, 0.4) is 0 Å². The summed E-state index contributed by atoms with van der Waals surface area (Å²) in [6, 6.07) is 0. The highest BCUT2D eigenvalue weighted by Gasteiger charge is 2.01. The maximum Gasteiger partial charge on any atom is 0.0758 e. The van der Waals surface area contributed by atoms with Gasteiger partial charge in [0.2, 0.25) is 0 Å². The van der Waals surface area contributed by atoms with Gasteiger partial charge in [-0.2, -0.15) is 0 Å². The van der Waals surface area contributed by atoms with Gasteiger partial charge in [0, 0.05) is 0 Å². The van der Waals surface area contributed by atoms with Crippen LogP contribution in [-0.2, 0) is 0 Å². The van der Waals surface area contributed by atoms with E-state index in [0.29, 0.717) is 0 Å². The molecule has 0 radical (unpaired) electrons. The number of rotatable bonds is 1. The molecule has 1 heteroatoms. The van der Waals surface area contributed by atoms with E-state index in [2.05, 4.69) is 13.0 Å². The molecule has 0 amide bonds. The summed E-state index contributed by atoms with van der Waals surface area (Å²) in [4.78, 5) is 0. The third kappa shape index (κ3) is 1.68. The smallest absolute Gasteiger partial charge is 0.0758 e. The van der Waals surface area contributed by atoms with Crippen LogP contribution in [0.25, 0.3) is 0 Å². The van der Waals surface area contributed by atoms with Crippen molar-refractivity contribution in [1.29, 1.82) is 0 Å². The molecule has 0 aliphatic heterocycles. The minimum Gasteiger partial charge on any atom is -0.389 e. The van der Waals surface area contributed by atoms with E-state index in [1.165, 1.54) is 5.57 Å². The molecule has 0 saturated heterocycles. The van der Waals surface area contributed by atoms with E-state index in [9.17, 15) is 0 Å². The molecule has 0 aromatic heterocycles. The SMILES string of the molecule is CCC1=CCC(O)C=C1. The van der Waals surface area contributed by atoms with Gasteiger partial charge in [-0.25, -0.2) is 0 Å². The van der Waals surface area contributed by atoms with Gasteiger partial charge in [0.15, 0.2) is 0 Å². The minimum atomic E-state index is -0.236. The Morgan fingerprint density at radius 2 is 2.56 bits per heavy atom. The van der Waals surface area contributed by atoms with Gasteiger partial charge < -0.3 is 5.11 Å². The zero-order valence-corrected chi connectivity index (χ0v) is 5.67. The fraction of sp³-hybridized carbons (Fsp3) is 0.500. The van der Waals surface area contributed by atoms with E-state index in [1.54, 1.807) is 0 Å². The topological polar surface area (TPSA) is 20.2 Å². The van der Waals surface area contributed by atoms with Gasteiger partial charge in [-0.05, 0) is 12.8 Å². The van der Waals surface area contributed by atoms with E-state index in [-0.39, 0.29) is 6.10 Å². The fourth-order valence-corrected chi connectivity index (χ4v) is 0.916. The second kappa shape index (κ2) is 2.83. The lowest BCUT2D eigenvalue weighted by atomic mass is 10.0. The summed E-state index contributed by atoms with van der Waals surface area (Å²) >= 11 is 0. The zero-order chi connectivity index (χ0) is 6.69. The second-order valence-corrected chi connectivity index (χ2v) is 2.29. The Labute approximate surface area is 55.7 Å². The molecule has 0 saturated carbocycles. The van der Waals surface area contributed by atoms with Crippen LogP contribution in [0.5, 0.6) is 0 Å². The van der Waals surface area contributed by atoms with Crippen LogP contribution in [0.4, 0.5) is 0 Å². The van der Waals surface area contributed by atoms with Gasteiger partial charge in [0.1, 0.15) is 0 Å². The number of hydrogen-bond acceptors (Lipinski definition) is 1. The van der Waals surface area contributed by atoms with Crippen LogP contribution in [-0.4, -0.2) is 11.2 Å². The van der Waals surface area contributed by atoms with E-state index < -0.39 is 0 Å². The van der Waals surface area contributed by atoms with Crippen LogP contribution >= 0.6 is 0 Å². The summed E-state index contributed by atoms with van der Waals surface area (Å²) in [6.45, 7) is 2.12. The molecule has 1 aliphatic carbocycles. The van der Waals surface area contributed by atoms with Crippen LogP contribution in [0, 0.1) is 0 Å². The van der Waals surface area contributed by atoms with Crippen molar-refractivity contribution in [2.24, 2.45) is 0 Å². The predicted molar refractivity (Wildman–Crippen MR) is 38.1 cm³/mol. The van der Waals surface area contributed by atoms with Gasteiger partial charge in [0.25, 0.3) is 0 Å². The second-order valence-electron chi connectivity index (χ2n) is 2.29. The van der Waals surface area contributed by atoms with Crippen molar-refractivity contribution in [3.05, 3.63) is 23.8 Å². The van der Waals surface area contributed by atoms with Crippen molar-refractivity contribution in [2.75, 3.05) is 0 Å². The summed E-state index contributed by atoms with van der Waals surface area (Å²) in [5.41, 5.74) is 1.33. The van der Waals surface area contributed by atoms with Gasteiger partial charge >= 0.3 is 0 Å². The third-order valence-corrected chi connectivity index (χ3v) is 1.56. The Kier molecular flexibility index (Phi) is 2.06. The standard InChI is InChI=1S/C8H12O/c1-2-7-3-5-8(9)6-4-7/h3-5,8-9H,2,6H2,1H3. The van der Waals surface area contributed by atoms with Gasteiger partial charge in [-0.1, -0.05) is 30.7 Å². The van der Waals surface area contributed by atoms with Gasteiger partial charge in [0.05, 0.1) is 6.10 Å². The Balaban J connectivity index is 2.52. The van der Waals surface area contributed by atoms with Crippen molar-refractivity contribution in [3.63, 3.8) is 0 Å². The average molecular weight is 124 g/mol. The molecule has 0 heterocycles. The molecule has 0 aromatic rings. The first-order valence-electron chi connectivity index (χ1n) is 3.38. The summed E-state index contributed by atoms with van der Waals surface area (Å²) in [6.07, 6.45) is 7.56. The molecule has 50 valence electrons. The van der Waals surface area contributed by atoms with Crippen molar-refractivity contribution < 1.29 is 5.11 Å². The molecule has 1 nitrogen and oxygen atoms in total. The lowest BCUT2D eigenvalue weighted by Gasteiger charge is -2.08. The Bertz CT molecular complexity index is 145. The van der Waals surface area contributed by atoms with Crippen molar-refractivity contribution in [3.8, 4) is 0 Å². The zero-order valence-electron chi connectivity index (χ0n) is 5.67. The highest BCUT2D eigenvalue weighted by molar-refractivity contribution is 5.23. The molecular formula is C8H12O. The maximum atomic E-state index is 8.99. The predicted octanol–water partition coefficient (Wildman–Crippen LogP) is 1.64. The van der Waals surface area contributed by atoms with Crippen LogP contribution in [0.15, 0.2) is 23.8 Å². The van der Waals surface area contributed by atoms with Crippen molar-refractivity contribution in [1.82, 2.24) is 0 Å². The summed E-state index contributed by atoms with van der Waals surface area (Å²) < 4.78 is 0. The summed E-state index contributed by atoms with van der Waals surface area (Å²) in [5.74, 6) is 0. The minimum absolute atomic E-state index is 0.236. The van der Waals surface area contributed by atoms with Crippen molar-refractivity contribution >= 4 is 0 Å². The first kappa shape index (κ1) is 6.56. The Morgan fingerprint density at radius 3 is 3.00 bits per heavy atom. The molecule has 0 spiro atoms. The van der Waals surface area contributed by atoms with E-state index in [1.807, 2.05) is 12.2 Å². The molecular weight excluding hydrogens is 112 g/mol. The highest BCUT2D eigenvalue weighted by atomic mass is 16.3. The van der Waals surface area contributed by atoms with E-state index >= 15 is 0 Å². The van der Waals surface area contributed by atoms with Crippen LogP contribution in [0.2, 0.25) is 0 Å². The van der Waals surface area contributed by atoms with E-state index in [4.69, 9.17) is 5.11 Å². The van der Waals surface area contributed by atoms with E-state index in [0.717, 1.165) is 12.8 Å². The average Bonchev–Trinajstić information content (AvgIpc) is 1.90. The van der Waals surface area contributed by atoms with Gasteiger partial charge in [-0.15, -0.1) is 0 Å². The van der Waals surface area contributed by atoms with Gasteiger partial charge in [-0.3, -0.25) is 0 Å². The number of hydrogen-bond donors (Lipinski definition) is 1. The molecule has 9 heavy (non-hydrogen) atoms. The largest absolute Gasteiger partial charge is 0.389 e. The lowest BCUT2D eigenvalue weighted by molar-refractivity contribution is 0.225. The van der Waals surface area contributed by atoms with Crippen LogP contribution < -0.4 is 0 Å². The summed E-state index contributed by atoms with van der Waals surface area (Å²) in [7, 11) is 0. The molecule has 1 atom stereocenters. The Morgan fingerprint density at radius 1 is 1.78 bits per heavy atom. The number of allylic oxidation sites excluding steroid dienone is 2. The molecule has 1 rings (SSSR count).